The number of piperazine rings is 1. The highest BCUT2D eigenvalue weighted by atomic mass is 32.1. The van der Waals surface area contributed by atoms with Gasteiger partial charge < -0.3 is 10.1 Å². The Morgan fingerprint density at radius 1 is 0.914 bits per heavy atom. The second-order valence-corrected chi connectivity index (χ2v) is 11.2. The minimum absolute atomic E-state index is 0.809. The molecule has 1 aromatic heterocycles. The van der Waals surface area contributed by atoms with E-state index in [1.807, 2.05) is 0 Å². The van der Waals surface area contributed by atoms with Crippen LogP contribution in [0.1, 0.15) is 89.7 Å². The number of hydrogen-bond donors (Lipinski definition) is 1. The highest BCUT2D eigenvalue weighted by molar-refractivity contribution is 7.13. The van der Waals surface area contributed by atoms with Crippen molar-refractivity contribution in [1.82, 2.24) is 14.8 Å². The number of thiazole rings is 1. The van der Waals surface area contributed by atoms with Gasteiger partial charge in [0.25, 0.3) is 0 Å². The largest absolute Gasteiger partial charge is 0.494 e. The van der Waals surface area contributed by atoms with Crippen molar-refractivity contribution in [2.75, 3.05) is 38.1 Å². The Morgan fingerprint density at radius 3 is 2.37 bits per heavy atom. The lowest BCUT2D eigenvalue weighted by molar-refractivity contribution is 0.0846. The van der Waals surface area contributed by atoms with Gasteiger partial charge in [-0.2, -0.15) is 0 Å². The molecule has 2 fully saturated rings. The Kier molecular flexibility index (Phi) is 11.2. The van der Waals surface area contributed by atoms with Gasteiger partial charge in [-0.3, -0.25) is 9.80 Å². The molecule has 6 heteroatoms. The Balaban J connectivity index is 1.14. The molecular formula is C29H46N4OS. The molecule has 2 heterocycles. The molecule has 4 rings (SSSR count). The maximum Gasteiger partial charge on any atom is 0.187 e. The fourth-order valence-corrected chi connectivity index (χ4v) is 6.13. The fraction of sp³-hybridized carbons (Fsp3) is 0.690. The first kappa shape index (κ1) is 26.4. The van der Waals surface area contributed by atoms with Gasteiger partial charge in [-0.25, -0.2) is 4.98 Å². The topological polar surface area (TPSA) is 40.6 Å². The molecule has 1 aliphatic carbocycles. The van der Waals surface area contributed by atoms with Crippen LogP contribution >= 0.6 is 11.3 Å². The minimum atomic E-state index is 0.809. The molecule has 2 aromatic rings. The van der Waals surface area contributed by atoms with Gasteiger partial charge in [0, 0.05) is 49.8 Å². The average Bonchev–Trinajstić information content (AvgIpc) is 3.14. The monoisotopic (exact) mass is 498 g/mol. The summed E-state index contributed by atoms with van der Waals surface area (Å²) in [5.74, 6) is 0.951. The second kappa shape index (κ2) is 14.8. The molecule has 2 aliphatic rings. The van der Waals surface area contributed by atoms with E-state index < -0.39 is 0 Å². The van der Waals surface area contributed by atoms with E-state index in [-0.39, 0.29) is 0 Å². The molecule has 0 bridgehead atoms. The van der Waals surface area contributed by atoms with Crippen LogP contribution in [-0.4, -0.2) is 53.6 Å². The summed E-state index contributed by atoms with van der Waals surface area (Å²) in [6.07, 6.45) is 16.3. The van der Waals surface area contributed by atoms with Gasteiger partial charge in [-0.15, -0.1) is 11.3 Å². The van der Waals surface area contributed by atoms with E-state index in [0.29, 0.717) is 0 Å². The van der Waals surface area contributed by atoms with Crippen molar-refractivity contribution in [3.63, 3.8) is 0 Å². The zero-order chi connectivity index (χ0) is 24.1. The van der Waals surface area contributed by atoms with E-state index in [1.165, 1.54) is 89.4 Å². The van der Waals surface area contributed by atoms with E-state index in [9.17, 15) is 0 Å². The van der Waals surface area contributed by atoms with Crippen molar-refractivity contribution in [3.05, 3.63) is 35.3 Å². The smallest absolute Gasteiger partial charge is 0.187 e. The van der Waals surface area contributed by atoms with Gasteiger partial charge in [0.05, 0.1) is 12.3 Å². The summed E-state index contributed by atoms with van der Waals surface area (Å²) in [5.41, 5.74) is 2.24. The Morgan fingerprint density at radius 2 is 1.63 bits per heavy atom. The first-order chi connectivity index (χ1) is 17.3. The lowest BCUT2D eigenvalue weighted by Gasteiger charge is -2.39. The molecule has 1 aromatic carbocycles. The van der Waals surface area contributed by atoms with Crippen molar-refractivity contribution in [2.45, 2.75) is 96.6 Å². The molecule has 0 unspecified atom stereocenters. The van der Waals surface area contributed by atoms with Crippen molar-refractivity contribution >= 4 is 22.2 Å². The first-order valence-corrected chi connectivity index (χ1v) is 15.1. The molecule has 0 amide bonds. The maximum atomic E-state index is 5.91. The average molecular weight is 499 g/mol. The molecule has 194 valence electrons. The summed E-state index contributed by atoms with van der Waals surface area (Å²) >= 11 is 1.70. The summed E-state index contributed by atoms with van der Waals surface area (Å²) in [7, 11) is 0. The van der Waals surface area contributed by atoms with Crippen LogP contribution in [0.25, 0.3) is 0 Å². The lowest BCUT2D eigenvalue weighted by atomic mass is 10.1. The van der Waals surface area contributed by atoms with Crippen LogP contribution in [0, 0.1) is 0 Å². The number of unbranched alkanes of at least 4 members (excludes halogenated alkanes) is 5. The summed E-state index contributed by atoms with van der Waals surface area (Å²) in [6, 6.07) is 9.13. The van der Waals surface area contributed by atoms with Crippen LogP contribution in [0.5, 0.6) is 5.75 Å². The third-order valence-corrected chi connectivity index (χ3v) is 8.36. The van der Waals surface area contributed by atoms with Crippen LogP contribution in [0.4, 0.5) is 10.8 Å². The van der Waals surface area contributed by atoms with Crippen molar-refractivity contribution in [2.24, 2.45) is 0 Å². The molecule has 5 nitrogen and oxygen atoms in total. The number of rotatable bonds is 13. The molecule has 0 atom stereocenters. The van der Waals surface area contributed by atoms with E-state index in [0.717, 1.165) is 55.3 Å². The first-order valence-electron chi connectivity index (χ1n) is 14.2. The van der Waals surface area contributed by atoms with E-state index in [4.69, 9.17) is 9.72 Å². The number of hydrogen-bond acceptors (Lipinski definition) is 6. The fourth-order valence-electron chi connectivity index (χ4n) is 5.41. The number of ether oxygens (including phenoxy) is 1. The van der Waals surface area contributed by atoms with Crippen molar-refractivity contribution < 1.29 is 4.74 Å². The molecule has 1 saturated carbocycles. The number of nitrogens with one attached hydrogen (secondary N) is 1. The standard InChI is InChI=1S/C29H46N4OS/c1-2-3-4-5-8-11-22-34-28-16-14-25(15-17-28)30-29-31-26(24-35-29)23-32-18-20-33(21-19-32)27-12-9-6-7-10-13-27/h14-17,24,27H,2-13,18-23H2,1H3,(H,30,31). The number of aromatic nitrogens is 1. The number of nitrogens with zero attached hydrogens (tertiary/aromatic N) is 3. The predicted octanol–water partition coefficient (Wildman–Crippen LogP) is 7.47. The molecule has 0 spiro atoms. The molecular weight excluding hydrogens is 452 g/mol. The van der Waals surface area contributed by atoms with Gasteiger partial charge in [0.2, 0.25) is 0 Å². The van der Waals surface area contributed by atoms with E-state index in [2.05, 4.69) is 51.7 Å². The molecule has 0 radical (unpaired) electrons. The van der Waals surface area contributed by atoms with Crippen LogP contribution in [0.15, 0.2) is 29.6 Å². The zero-order valence-electron chi connectivity index (χ0n) is 21.9. The molecule has 1 saturated heterocycles. The SMILES string of the molecule is CCCCCCCCOc1ccc(Nc2nc(CN3CCN(C4CCCCCC4)CC3)cs2)cc1. The Bertz CT molecular complexity index is 823. The zero-order valence-corrected chi connectivity index (χ0v) is 22.7. The highest BCUT2D eigenvalue weighted by Crippen LogP contribution is 2.25. The van der Waals surface area contributed by atoms with Gasteiger partial charge in [-0.05, 0) is 43.5 Å². The molecule has 1 N–H and O–H groups in total. The van der Waals surface area contributed by atoms with Crippen molar-refractivity contribution in [1.29, 1.82) is 0 Å². The van der Waals surface area contributed by atoms with Gasteiger partial charge in [0.1, 0.15) is 5.75 Å². The normalized spacial score (nSPS) is 18.4. The second-order valence-electron chi connectivity index (χ2n) is 10.4. The summed E-state index contributed by atoms with van der Waals surface area (Å²) < 4.78 is 5.91. The van der Waals surface area contributed by atoms with Crippen LogP contribution in [-0.2, 0) is 6.54 Å². The number of benzene rings is 1. The van der Waals surface area contributed by atoms with Crippen molar-refractivity contribution in [3.8, 4) is 5.75 Å². The lowest BCUT2D eigenvalue weighted by Crippen LogP contribution is -2.49. The molecule has 1 aliphatic heterocycles. The predicted molar refractivity (Wildman–Crippen MR) is 149 cm³/mol. The van der Waals surface area contributed by atoms with Gasteiger partial charge in [-0.1, -0.05) is 64.7 Å². The maximum absolute atomic E-state index is 5.91. The minimum Gasteiger partial charge on any atom is -0.494 e. The van der Waals surface area contributed by atoms with E-state index in [1.54, 1.807) is 11.3 Å². The van der Waals surface area contributed by atoms with Crippen LogP contribution in [0.3, 0.4) is 0 Å². The summed E-state index contributed by atoms with van der Waals surface area (Å²) in [4.78, 5) is 10.2. The molecule has 35 heavy (non-hydrogen) atoms. The summed E-state index contributed by atoms with van der Waals surface area (Å²) in [5, 5.41) is 6.64. The van der Waals surface area contributed by atoms with Crippen LogP contribution < -0.4 is 10.1 Å². The Hall–Kier alpha value is -1.63. The third-order valence-electron chi connectivity index (χ3n) is 7.56. The van der Waals surface area contributed by atoms with Crippen LogP contribution in [0.2, 0.25) is 0 Å². The van der Waals surface area contributed by atoms with E-state index >= 15 is 0 Å². The third kappa shape index (κ3) is 9.07. The summed E-state index contributed by atoms with van der Waals surface area (Å²) in [6.45, 7) is 8.79. The Labute approximate surface area is 217 Å². The van der Waals surface area contributed by atoms with Gasteiger partial charge in [0.15, 0.2) is 5.13 Å². The van der Waals surface area contributed by atoms with Gasteiger partial charge >= 0.3 is 0 Å². The highest BCUT2D eigenvalue weighted by Gasteiger charge is 2.24. The quantitative estimate of drug-likeness (QED) is 0.229. The number of anilines is 2.